The molecule has 17 heavy (non-hydrogen) atoms. The molecule has 1 aromatic rings. The van der Waals surface area contributed by atoms with Gasteiger partial charge in [0, 0.05) is 6.26 Å². The van der Waals surface area contributed by atoms with Crippen molar-refractivity contribution in [1.82, 2.24) is 0 Å². The Bertz CT molecular complexity index is 511. The third kappa shape index (κ3) is 4.14. The average molecular weight is 269 g/mol. The number of nitrogen functional groups attached to an aromatic ring is 1. The van der Waals surface area contributed by atoms with Crippen LogP contribution < -0.4 is 10.5 Å². The first-order chi connectivity index (χ1) is 7.59. The van der Waals surface area contributed by atoms with E-state index >= 15 is 0 Å². The van der Waals surface area contributed by atoms with Crippen LogP contribution in [0.1, 0.15) is 0 Å². The van der Waals surface area contributed by atoms with Gasteiger partial charge in [-0.3, -0.25) is 0 Å². The van der Waals surface area contributed by atoms with Crippen molar-refractivity contribution in [3.63, 3.8) is 0 Å². The molecule has 0 saturated carbocycles. The van der Waals surface area contributed by atoms with E-state index in [0.29, 0.717) is 0 Å². The topological polar surface area (TPSA) is 69.4 Å². The molecule has 0 amide bonds. The first kappa shape index (κ1) is 13.6. The smallest absolute Gasteiger partial charge is 0.422 e. The van der Waals surface area contributed by atoms with E-state index in [-0.39, 0.29) is 16.3 Å². The van der Waals surface area contributed by atoms with Crippen molar-refractivity contribution in [3.05, 3.63) is 18.2 Å². The minimum Gasteiger partial charge on any atom is -0.482 e. The molecule has 4 nitrogen and oxygen atoms in total. The molecule has 0 aliphatic rings. The van der Waals surface area contributed by atoms with E-state index in [1.165, 1.54) is 0 Å². The highest BCUT2D eigenvalue weighted by Crippen LogP contribution is 2.26. The van der Waals surface area contributed by atoms with Crippen molar-refractivity contribution < 1.29 is 26.3 Å². The molecular weight excluding hydrogens is 259 g/mol. The molecule has 8 heteroatoms. The zero-order chi connectivity index (χ0) is 13.3. The minimum absolute atomic E-state index is 0.0747. The van der Waals surface area contributed by atoms with Gasteiger partial charge in [-0.25, -0.2) is 8.42 Å². The highest BCUT2D eigenvalue weighted by atomic mass is 32.2. The lowest BCUT2D eigenvalue weighted by Crippen LogP contribution is -2.19. The van der Waals surface area contributed by atoms with Crippen LogP contribution in [0.3, 0.4) is 0 Å². The molecule has 1 aromatic carbocycles. The third-order valence-corrected chi connectivity index (χ3v) is 2.91. The molecule has 0 spiro atoms. The van der Waals surface area contributed by atoms with E-state index < -0.39 is 22.6 Å². The highest BCUT2D eigenvalue weighted by Gasteiger charge is 2.28. The van der Waals surface area contributed by atoms with Crippen molar-refractivity contribution in [2.45, 2.75) is 11.1 Å². The number of halogens is 3. The number of sulfone groups is 1. The van der Waals surface area contributed by atoms with Gasteiger partial charge in [-0.15, -0.1) is 0 Å². The van der Waals surface area contributed by atoms with Gasteiger partial charge in [0.2, 0.25) is 0 Å². The van der Waals surface area contributed by atoms with Crippen LogP contribution >= 0.6 is 0 Å². The zero-order valence-electron chi connectivity index (χ0n) is 8.78. The molecule has 0 aliphatic heterocycles. The number of hydrogen-bond acceptors (Lipinski definition) is 4. The number of nitrogens with two attached hydrogens (primary N) is 1. The van der Waals surface area contributed by atoms with Crippen molar-refractivity contribution in [2.24, 2.45) is 0 Å². The molecule has 0 saturated heterocycles. The predicted molar refractivity (Wildman–Crippen MR) is 55.5 cm³/mol. The summed E-state index contributed by atoms with van der Waals surface area (Å²) in [6.07, 6.45) is -3.50. The molecule has 2 N–H and O–H groups in total. The quantitative estimate of drug-likeness (QED) is 0.846. The monoisotopic (exact) mass is 269 g/mol. The molecule has 1 rings (SSSR count). The molecule has 0 aromatic heterocycles. The van der Waals surface area contributed by atoms with E-state index in [0.717, 1.165) is 24.5 Å². The van der Waals surface area contributed by atoms with Crippen LogP contribution in [-0.4, -0.2) is 27.5 Å². The molecule has 0 unspecified atom stereocenters. The van der Waals surface area contributed by atoms with Gasteiger partial charge in [0.25, 0.3) is 0 Å². The Labute approximate surface area is 96.1 Å². The van der Waals surface area contributed by atoms with Crippen molar-refractivity contribution in [2.75, 3.05) is 18.6 Å². The summed E-state index contributed by atoms with van der Waals surface area (Å²) in [6, 6.07) is 3.29. The SMILES string of the molecule is CS(=O)(=O)c1ccc(OCC(F)(F)F)c(N)c1. The summed E-state index contributed by atoms with van der Waals surface area (Å²) in [4.78, 5) is -0.0747. The lowest BCUT2D eigenvalue weighted by atomic mass is 10.3. The summed E-state index contributed by atoms with van der Waals surface area (Å²) < 4.78 is 62.3. The van der Waals surface area contributed by atoms with E-state index in [2.05, 4.69) is 4.74 Å². The third-order valence-electron chi connectivity index (χ3n) is 1.80. The number of anilines is 1. The molecule has 0 fully saturated rings. The lowest BCUT2D eigenvalue weighted by Gasteiger charge is -2.11. The average Bonchev–Trinajstić information content (AvgIpc) is 2.12. The molecule has 0 heterocycles. The Morgan fingerprint density at radius 3 is 2.35 bits per heavy atom. The molecule has 0 radical (unpaired) electrons. The maximum atomic E-state index is 11.9. The van der Waals surface area contributed by atoms with Crippen LogP contribution in [0.15, 0.2) is 23.1 Å². The number of ether oxygens (including phenoxy) is 1. The van der Waals surface area contributed by atoms with Crippen molar-refractivity contribution >= 4 is 15.5 Å². The fourth-order valence-corrected chi connectivity index (χ4v) is 1.70. The maximum absolute atomic E-state index is 11.9. The lowest BCUT2D eigenvalue weighted by molar-refractivity contribution is -0.153. The Morgan fingerprint density at radius 1 is 1.35 bits per heavy atom. The first-order valence-electron chi connectivity index (χ1n) is 4.39. The van der Waals surface area contributed by atoms with Gasteiger partial charge in [-0.1, -0.05) is 0 Å². The summed E-state index contributed by atoms with van der Waals surface area (Å²) in [5.74, 6) is -0.199. The largest absolute Gasteiger partial charge is 0.482 e. The molecule has 0 atom stereocenters. The van der Waals surface area contributed by atoms with E-state index in [1.807, 2.05) is 0 Å². The van der Waals surface area contributed by atoms with Gasteiger partial charge < -0.3 is 10.5 Å². The Hall–Kier alpha value is -1.44. The van der Waals surface area contributed by atoms with E-state index in [4.69, 9.17) is 5.73 Å². The number of rotatable bonds is 3. The van der Waals surface area contributed by atoms with Gasteiger partial charge in [-0.2, -0.15) is 13.2 Å². The second-order valence-electron chi connectivity index (χ2n) is 3.38. The molecule has 0 bridgehead atoms. The second-order valence-corrected chi connectivity index (χ2v) is 5.39. The van der Waals surface area contributed by atoms with Crippen LogP contribution in [0.25, 0.3) is 0 Å². The standard InChI is InChI=1S/C9H10F3NO3S/c1-17(14,15)6-2-3-8(7(13)4-6)16-5-9(10,11)12/h2-4H,5,13H2,1H3. The van der Waals surface area contributed by atoms with E-state index in [1.54, 1.807) is 0 Å². The van der Waals surface area contributed by atoms with Crippen LogP contribution in [-0.2, 0) is 9.84 Å². The Morgan fingerprint density at radius 2 is 1.94 bits per heavy atom. The van der Waals surface area contributed by atoms with Crippen molar-refractivity contribution in [3.8, 4) is 5.75 Å². The van der Waals surface area contributed by atoms with Gasteiger partial charge in [0.1, 0.15) is 5.75 Å². The van der Waals surface area contributed by atoms with Crippen LogP contribution in [0.5, 0.6) is 5.75 Å². The minimum atomic E-state index is -4.47. The van der Waals surface area contributed by atoms with Gasteiger partial charge in [0.05, 0.1) is 10.6 Å². The van der Waals surface area contributed by atoms with E-state index in [9.17, 15) is 21.6 Å². The van der Waals surface area contributed by atoms with Crippen LogP contribution in [0.4, 0.5) is 18.9 Å². The molecule has 96 valence electrons. The van der Waals surface area contributed by atoms with Gasteiger partial charge in [-0.05, 0) is 18.2 Å². The number of alkyl halides is 3. The summed E-state index contributed by atoms with van der Waals surface area (Å²) >= 11 is 0. The Kier molecular flexibility index (Phi) is 3.56. The summed E-state index contributed by atoms with van der Waals surface area (Å²) in [6.45, 7) is -1.48. The maximum Gasteiger partial charge on any atom is 0.422 e. The number of benzene rings is 1. The summed E-state index contributed by atoms with van der Waals surface area (Å²) in [5, 5.41) is 0. The van der Waals surface area contributed by atoms with Crippen LogP contribution in [0, 0.1) is 0 Å². The fourth-order valence-electron chi connectivity index (χ4n) is 1.05. The summed E-state index contributed by atoms with van der Waals surface area (Å²) in [5.41, 5.74) is 5.24. The highest BCUT2D eigenvalue weighted by molar-refractivity contribution is 7.90. The molecular formula is C9H10F3NO3S. The van der Waals surface area contributed by atoms with Gasteiger partial charge >= 0.3 is 6.18 Å². The summed E-state index contributed by atoms with van der Waals surface area (Å²) in [7, 11) is -3.44. The number of hydrogen-bond donors (Lipinski definition) is 1. The molecule has 0 aliphatic carbocycles. The van der Waals surface area contributed by atoms with Gasteiger partial charge in [0.15, 0.2) is 16.4 Å². The normalized spacial score (nSPS) is 12.5. The fraction of sp³-hybridized carbons (Fsp3) is 0.333. The van der Waals surface area contributed by atoms with Crippen LogP contribution in [0.2, 0.25) is 0 Å². The zero-order valence-corrected chi connectivity index (χ0v) is 9.60. The first-order valence-corrected chi connectivity index (χ1v) is 6.28. The Balaban J connectivity index is 2.92. The second kappa shape index (κ2) is 4.44. The van der Waals surface area contributed by atoms with Crippen molar-refractivity contribution in [1.29, 1.82) is 0 Å². The predicted octanol–water partition coefficient (Wildman–Crippen LogP) is 1.61.